The predicted octanol–water partition coefficient (Wildman–Crippen LogP) is 1.71. The van der Waals surface area contributed by atoms with Crippen molar-refractivity contribution in [3.63, 3.8) is 0 Å². The molecule has 0 aromatic rings. The molecule has 0 radical (unpaired) electrons. The minimum absolute atomic E-state index is 0.377. The summed E-state index contributed by atoms with van der Waals surface area (Å²) in [6.07, 6.45) is 5.65. The third-order valence-corrected chi connectivity index (χ3v) is 4.86. The Hall–Kier alpha value is -0.610. The van der Waals surface area contributed by atoms with Crippen LogP contribution in [0, 0.1) is 5.92 Å². The summed E-state index contributed by atoms with van der Waals surface area (Å²) in [5.74, 6) is 1.23. The highest BCUT2D eigenvalue weighted by Gasteiger charge is 2.22. The zero-order chi connectivity index (χ0) is 14.4. The van der Waals surface area contributed by atoms with Gasteiger partial charge in [-0.3, -0.25) is 9.69 Å². The Bertz CT molecular complexity index is 292. The van der Waals surface area contributed by atoms with Gasteiger partial charge in [-0.15, -0.1) is 0 Å². The highest BCUT2D eigenvalue weighted by molar-refractivity contribution is 5.76. The van der Waals surface area contributed by atoms with Crippen molar-refractivity contribution in [2.24, 2.45) is 5.92 Å². The molecule has 0 bridgehead atoms. The molecule has 0 aromatic heterocycles. The number of hydrogen-bond acceptors (Lipinski definition) is 3. The van der Waals surface area contributed by atoms with Gasteiger partial charge in [0.1, 0.15) is 0 Å². The molecule has 2 rings (SSSR count). The summed E-state index contributed by atoms with van der Waals surface area (Å²) >= 11 is 0. The number of nitrogens with zero attached hydrogens (tertiary/aromatic N) is 2. The largest absolute Gasteiger partial charge is 0.340 e. The maximum absolute atomic E-state index is 12.2. The van der Waals surface area contributed by atoms with Crippen LogP contribution in [0.4, 0.5) is 0 Å². The average molecular weight is 281 g/mol. The fourth-order valence-corrected chi connectivity index (χ4v) is 3.36. The average Bonchev–Trinajstić information content (AvgIpc) is 2.48. The highest BCUT2D eigenvalue weighted by atomic mass is 16.2. The van der Waals surface area contributed by atoms with E-state index in [1.54, 1.807) is 0 Å². The van der Waals surface area contributed by atoms with Crippen molar-refractivity contribution in [3.8, 4) is 0 Å². The number of carbonyl (C=O) groups is 1. The van der Waals surface area contributed by atoms with Gasteiger partial charge in [-0.25, -0.2) is 0 Å². The summed E-state index contributed by atoms with van der Waals surface area (Å²) in [5.41, 5.74) is 0. The summed E-state index contributed by atoms with van der Waals surface area (Å²) in [7, 11) is 0. The molecule has 0 spiro atoms. The van der Waals surface area contributed by atoms with Crippen LogP contribution in [-0.2, 0) is 4.79 Å². The molecular formula is C16H31N3O. The molecule has 0 unspecified atom stereocenters. The molecule has 0 aromatic carbocycles. The van der Waals surface area contributed by atoms with Gasteiger partial charge in [0.15, 0.2) is 0 Å². The zero-order valence-electron chi connectivity index (χ0n) is 13.2. The van der Waals surface area contributed by atoms with Crippen LogP contribution in [0.15, 0.2) is 0 Å². The number of carbonyl (C=O) groups excluding carboxylic acids is 1. The van der Waals surface area contributed by atoms with Crippen LogP contribution in [0.2, 0.25) is 0 Å². The van der Waals surface area contributed by atoms with Crippen molar-refractivity contribution in [2.45, 2.75) is 52.0 Å². The van der Waals surface area contributed by atoms with Crippen LogP contribution < -0.4 is 5.32 Å². The van der Waals surface area contributed by atoms with Gasteiger partial charge in [0.05, 0.1) is 0 Å². The Morgan fingerprint density at radius 1 is 1.15 bits per heavy atom. The first-order chi connectivity index (χ1) is 9.66. The van der Waals surface area contributed by atoms with Gasteiger partial charge < -0.3 is 10.2 Å². The van der Waals surface area contributed by atoms with E-state index in [9.17, 15) is 4.79 Å². The molecule has 116 valence electrons. The predicted molar refractivity (Wildman–Crippen MR) is 82.7 cm³/mol. The Labute approximate surface area is 123 Å². The summed E-state index contributed by atoms with van der Waals surface area (Å²) in [6.45, 7) is 10.7. The molecular weight excluding hydrogens is 250 g/mol. The summed E-state index contributed by atoms with van der Waals surface area (Å²) < 4.78 is 0. The lowest BCUT2D eigenvalue weighted by molar-refractivity contribution is -0.133. The molecule has 2 aliphatic rings. The lowest BCUT2D eigenvalue weighted by Gasteiger charge is -2.37. The van der Waals surface area contributed by atoms with Crippen molar-refractivity contribution >= 4 is 5.91 Å². The molecule has 2 fully saturated rings. The van der Waals surface area contributed by atoms with Crippen molar-refractivity contribution < 1.29 is 4.79 Å². The van der Waals surface area contributed by atoms with E-state index >= 15 is 0 Å². The maximum Gasteiger partial charge on any atom is 0.222 e. The van der Waals surface area contributed by atoms with Gasteiger partial charge in [-0.1, -0.05) is 0 Å². The summed E-state index contributed by atoms with van der Waals surface area (Å²) in [4.78, 5) is 16.7. The molecule has 1 N–H and O–H groups in total. The van der Waals surface area contributed by atoms with E-state index in [0.29, 0.717) is 11.9 Å². The number of rotatable bonds is 5. The number of hydrogen-bond donors (Lipinski definition) is 1. The molecule has 0 aliphatic carbocycles. The van der Waals surface area contributed by atoms with Crippen molar-refractivity contribution in [2.75, 3.05) is 39.3 Å². The molecule has 4 nitrogen and oxygen atoms in total. The van der Waals surface area contributed by atoms with Crippen LogP contribution in [0.25, 0.3) is 0 Å². The molecule has 2 saturated heterocycles. The highest BCUT2D eigenvalue weighted by Crippen LogP contribution is 2.19. The Morgan fingerprint density at radius 3 is 2.40 bits per heavy atom. The SMILES string of the molecule is CC(C)N1CCN(C(=O)CCCC2CCNCC2)CC1. The van der Waals surface area contributed by atoms with Crippen LogP contribution in [0.1, 0.15) is 46.0 Å². The van der Waals surface area contributed by atoms with Gasteiger partial charge in [0.25, 0.3) is 0 Å². The van der Waals surface area contributed by atoms with Gasteiger partial charge in [-0.2, -0.15) is 0 Å². The molecule has 2 aliphatic heterocycles. The van der Waals surface area contributed by atoms with E-state index in [1.165, 1.54) is 19.3 Å². The minimum atomic E-state index is 0.377. The first kappa shape index (κ1) is 15.8. The Balaban J connectivity index is 1.60. The van der Waals surface area contributed by atoms with Gasteiger partial charge in [0.2, 0.25) is 5.91 Å². The van der Waals surface area contributed by atoms with E-state index < -0.39 is 0 Å². The van der Waals surface area contributed by atoms with Crippen LogP contribution in [0.3, 0.4) is 0 Å². The van der Waals surface area contributed by atoms with Crippen LogP contribution in [-0.4, -0.2) is 61.0 Å². The third-order valence-electron chi connectivity index (χ3n) is 4.86. The van der Waals surface area contributed by atoms with Crippen LogP contribution in [0.5, 0.6) is 0 Å². The van der Waals surface area contributed by atoms with E-state index in [2.05, 4.69) is 29.0 Å². The molecule has 4 heteroatoms. The monoisotopic (exact) mass is 281 g/mol. The van der Waals surface area contributed by atoms with Crippen LogP contribution >= 0.6 is 0 Å². The maximum atomic E-state index is 12.2. The molecule has 0 saturated carbocycles. The van der Waals surface area contributed by atoms with E-state index in [4.69, 9.17) is 0 Å². The lowest BCUT2D eigenvalue weighted by atomic mass is 9.92. The smallest absolute Gasteiger partial charge is 0.222 e. The second kappa shape index (κ2) is 7.99. The third kappa shape index (κ3) is 4.74. The Kier molecular flexibility index (Phi) is 6.30. The fourth-order valence-electron chi connectivity index (χ4n) is 3.36. The summed E-state index contributed by atoms with van der Waals surface area (Å²) in [5, 5.41) is 3.40. The molecule has 1 amide bonds. The minimum Gasteiger partial charge on any atom is -0.340 e. The number of piperidine rings is 1. The van der Waals surface area contributed by atoms with E-state index in [-0.39, 0.29) is 0 Å². The molecule has 2 heterocycles. The first-order valence-electron chi connectivity index (χ1n) is 8.39. The number of amides is 1. The van der Waals surface area contributed by atoms with Gasteiger partial charge in [0, 0.05) is 38.6 Å². The standard InChI is InChI=1S/C16H31N3O/c1-14(2)18-10-12-19(13-11-18)16(20)5-3-4-15-6-8-17-9-7-15/h14-15,17H,3-13H2,1-2H3. The number of nitrogens with one attached hydrogen (secondary N) is 1. The molecule has 0 atom stereocenters. The lowest BCUT2D eigenvalue weighted by Crippen LogP contribution is -2.50. The topological polar surface area (TPSA) is 35.6 Å². The Morgan fingerprint density at radius 2 is 1.80 bits per heavy atom. The zero-order valence-corrected chi connectivity index (χ0v) is 13.2. The summed E-state index contributed by atoms with van der Waals surface area (Å²) in [6, 6.07) is 0.604. The van der Waals surface area contributed by atoms with Crippen molar-refractivity contribution in [1.82, 2.24) is 15.1 Å². The first-order valence-corrected chi connectivity index (χ1v) is 8.39. The van der Waals surface area contributed by atoms with Crippen molar-refractivity contribution in [3.05, 3.63) is 0 Å². The fraction of sp³-hybridized carbons (Fsp3) is 0.938. The second-order valence-electron chi connectivity index (χ2n) is 6.60. The second-order valence-corrected chi connectivity index (χ2v) is 6.60. The van der Waals surface area contributed by atoms with E-state index in [1.807, 2.05) is 0 Å². The van der Waals surface area contributed by atoms with Crippen molar-refractivity contribution in [1.29, 1.82) is 0 Å². The molecule has 20 heavy (non-hydrogen) atoms. The van der Waals surface area contributed by atoms with E-state index in [0.717, 1.165) is 58.0 Å². The van der Waals surface area contributed by atoms with Gasteiger partial charge >= 0.3 is 0 Å². The van der Waals surface area contributed by atoms with Gasteiger partial charge in [-0.05, 0) is 58.5 Å². The normalized spacial score (nSPS) is 22.4. The quantitative estimate of drug-likeness (QED) is 0.833. The number of piperazine rings is 1.